The number of carbonyl (C=O) groups is 1. The lowest BCUT2D eigenvalue weighted by Gasteiger charge is -2.29. The lowest BCUT2D eigenvalue weighted by atomic mass is 10.0. The number of hydrogen-bond acceptors (Lipinski definition) is 2. The van der Waals surface area contributed by atoms with Crippen LogP contribution >= 0.6 is 11.8 Å². The van der Waals surface area contributed by atoms with Crippen LogP contribution < -0.4 is 5.32 Å². The highest BCUT2D eigenvalue weighted by Gasteiger charge is 2.26. The number of carbonyl (C=O) groups excluding carboxylic acids is 1. The SMILES string of the molecule is CCC(CC)(CNC(=O)c1cccc(F)c1F)SC. The largest absolute Gasteiger partial charge is 0.351 e. The van der Waals surface area contributed by atoms with Crippen LogP contribution in [0.5, 0.6) is 0 Å². The average Bonchev–Trinajstić information content (AvgIpc) is 2.44. The summed E-state index contributed by atoms with van der Waals surface area (Å²) < 4.78 is 26.5. The predicted molar refractivity (Wildman–Crippen MR) is 75.5 cm³/mol. The normalized spacial score (nSPS) is 11.4. The fraction of sp³-hybridized carbons (Fsp3) is 0.500. The van der Waals surface area contributed by atoms with Crippen molar-refractivity contribution in [3.8, 4) is 0 Å². The van der Waals surface area contributed by atoms with E-state index in [9.17, 15) is 13.6 Å². The molecule has 1 rings (SSSR count). The van der Waals surface area contributed by atoms with E-state index >= 15 is 0 Å². The van der Waals surface area contributed by atoms with Crippen molar-refractivity contribution in [3.05, 3.63) is 35.4 Å². The average molecular weight is 287 g/mol. The molecule has 5 heteroatoms. The molecule has 0 heterocycles. The zero-order valence-electron chi connectivity index (χ0n) is 11.4. The number of nitrogens with one attached hydrogen (secondary N) is 1. The fourth-order valence-corrected chi connectivity index (χ4v) is 2.67. The summed E-state index contributed by atoms with van der Waals surface area (Å²) in [4.78, 5) is 11.9. The first kappa shape index (κ1) is 16.0. The summed E-state index contributed by atoms with van der Waals surface area (Å²) in [5.74, 6) is -2.67. The summed E-state index contributed by atoms with van der Waals surface area (Å²) >= 11 is 1.68. The highest BCUT2D eigenvalue weighted by Crippen LogP contribution is 2.29. The second kappa shape index (κ2) is 6.89. The monoisotopic (exact) mass is 287 g/mol. The second-order valence-corrected chi connectivity index (χ2v) is 5.65. The van der Waals surface area contributed by atoms with Crippen molar-refractivity contribution >= 4 is 17.7 Å². The van der Waals surface area contributed by atoms with E-state index in [4.69, 9.17) is 0 Å². The Kier molecular flexibility index (Phi) is 5.79. The number of rotatable bonds is 6. The molecule has 0 aromatic heterocycles. The first-order valence-electron chi connectivity index (χ1n) is 6.27. The minimum Gasteiger partial charge on any atom is -0.351 e. The van der Waals surface area contributed by atoms with Gasteiger partial charge in [-0.25, -0.2) is 8.78 Å². The van der Waals surface area contributed by atoms with Gasteiger partial charge in [-0.15, -0.1) is 0 Å². The van der Waals surface area contributed by atoms with Gasteiger partial charge in [0, 0.05) is 11.3 Å². The maximum Gasteiger partial charge on any atom is 0.254 e. The van der Waals surface area contributed by atoms with E-state index in [-0.39, 0.29) is 10.3 Å². The van der Waals surface area contributed by atoms with E-state index in [0.29, 0.717) is 6.54 Å². The Hall–Kier alpha value is -1.10. The van der Waals surface area contributed by atoms with Crippen molar-refractivity contribution in [3.63, 3.8) is 0 Å². The van der Waals surface area contributed by atoms with Gasteiger partial charge in [0.1, 0.15) is 0 Å². The van der Waals surface area contributed by atoms with Crippen molar-refractivity contribution < 1.29 is 13.6 Å². The van der Waals surface area contributed by atoms with Gasteiger partial charge in [-0.05, 0) is 31.2 Å². The summed E-state index contributed by atoms with van der Waals surface area (Å²) in [5.41, 5.74) is -0.248. The van der Waals surface area contributed by atoms with Gasteiger partial charge < -0.3 is 5.32 Å². The van der Waals surface area contributed by atoms with Crippen LogP contribution in [0.3, 0.4) is 0 Å². The standard InChI is InChI=1S/C14H19F2NOS/c1-4-14(5-2,19-3)9-17-13(18)10-7-6-8-11(15)12(10)16/h6-8H,4-5,9H2,1-3H3,(H,17,18). The Morgan fingerprint density at radius 1 is 1.32 bits per heavy atom. The molecule has 1 N–H and O–H groups in total. The molecule has 1 aromatic rings. The number of hydrogen-bond donors (Lipinski definition) is 1. The molecule has 19 heavy (non-hydrogen) atoms. The molecule has 0 aliphatic carbocycles. The van der Waals surface area contributed by atoms with Gasteiger partial charge in [-0.1, -0.05) is 19.9 Å². The summed E-state index contributed by atoms with van der Waals surface area (Å²) in [6.45, 7) is 4.54. The lowest BCUT2D eigenvalue weighted by molar-refractivity contribution is 0.0944. The van der Waals surface area contributed by atoms with Crippen LogP contribution in [0.2, 0.25) is 0 Å². The Morgan fingerprint density at radius 3 is 2.47 bits per heavy atom. The lowest BCUT2D eigenvalue weighted by Crippen LogP contribution is -2.39. The zero-order valence-corrected chi connectivity index (χ0v) is 12.2. The van der Waals surface area contributed by atoms with Crippen molar-refractivity contribution in [1.82, 2.24) is 5.32 Å². The van der Waals surface area contributed by atoms with Crippen molar-refractivity contribution in [2.24, 2.45) is 0 Å². The predicted octanol–water partition coefficient (Wildman–Crippen LogP) is 3.62. The number of amides is 1. The van der Waals surface area contributed by atoms with Gasteiger partial charge in [-0.3, -0.25) is 4.79 Å². The van der Waals surface area contributed by atoms with Crippen molar-refractivity contribution in [2.45, 2.75) is 31.4 Å². The van der Waals surface area contributed by atoms with E-state index < -0.39 is 17.5 Å². The molecule has 0 atom stereocenters. The number of thioether (sulfide) groups is 1. The van der Waals surface area contributed by atoms with Crippen LogP contribution in [-0.2, 0) is 0 Å². The molecule has 0 aliphatic rings. The van der Waals surface area contributed by atoms with Crippen molar-refractivity contribution in [2.75, 3.05) is 12.8 Å². The Bertz CT molecular complexity index is 439. The maximum atomic E-state index is 13.5. The van der Waals surface area contributed by atoms with Crippen LogP contribution in [0.1, 0.15) is 37.0 Å². The molecule has 0 bridgehead atoms. The van der Waals surface area contributed by atoms with Crippen LogP contribution in [0, 0.1) is 11.6 Å². The van der Waals surface area contributed by atoms with Gasteiger partial charge in [0.2, 0.25) is 0 Å². The highest BCUT2D eigenvalue weighted by atomic mass is 32.2. The Balaban J connectivity index is 2.78. The molecule has 0 saturated carbocycles. The second-order valence-electron chi connectivity index (χ2n) is 4.38. The molecule has 1 aromatic carbocycles. The molecule has 0 fully saturated rings. The summed E-state index contributed by atoms with van der Waals surface area (Å²) in [6, 6.07) is 3.61. The summed E-state index contributed by atoms with van der Waals surface area (Å²) in [5, 5.41) is 2.69. The Morgan fingerprint density at radius 2 is 1.95 bits per heavy atom. The van der Waals surface area contributed by atoms with Crippen LogP contribution in [-0.4, -0.2) is 23.5 Å². The van der Waals surface area contributed by atoms with Gasteiger partial charge in [0.25, 0.3) is 5.91 Å². The summed E-state index contributed by atoms with van der Waals surface area (Å²) in [6.07, 6.45) is 3.79. The molecule has 1 amide bonds. The molecule has 0 aliphatic heterocycles. The maximum absolute atomic E-state index is 13.5. The molecule has 2 nitrogen and oxygen atoms in total. The zero-order chi connectivity index (χ0) is 14.5. The minimum atomic E-state index is -1.09. The van der Waals surface area contributed by atoms with E-state index in [0.717, 1.165) is 18.9 Å². The fourth-order valence-electron chi connectivity index (χ4n) is 1.88. The molecule has 0 saturated heterocycles. The van der Waals surface area contributed by atoms with Crippen molar-refractivity contribution in [1.29, 1.82) is 0 Å². The van der Waals surface area contributed by atoms with Crippen LogP contribution in [0.4, 0.5) is 8.78 Å². The van der Waals surface area contributed by atoms with E-state index in [1.807, 2.05) is 6.26 Å². The third-order valence-corrected chi connectivity index (χ3v) is 5.08. The Labute approximate surface area is 117 Å². The molecule has 0 unspecified atom stereocenters. The van der Waals surface area contributed by atoms with E-state index in [1.165, 1.54) is 12.1 Å². The third kappa shape index (κ3) is 3.69. The van der Waals surface area contributed by atoms with Crippen LogP contribution in [0.25, 0.3) is 0 Å². The topological polar surface area (TPSA) is 29.1 Å². The van der Waals surface area contributed by atoms with E-state index in [1.54, 1.807) is 11.8 Å². The summed E-state index contributed by atoms with van der Waals surface area (Å²) in [7, 11) is 0. The first-order valence-corrected chi connectivity index (χ1v) is 7.49. The number of benzene rings is 1. The minimum absolute atomic E-state index is 0.0561. The van der Waals surface area contributed by atoms with Gasteiger partial charge in [-0.2, -0.15) is 11.8 Å². The third-order valence-electron chi connectivity index (χ3n) is 3.49. The van der Waals surface area contributed by atoms with Gasteiger partial charge in [0.05, 0.1) is 5.56 Å². The molecule has 0 spiro atoms. The molecular formula is C14H19F2NOS. The van der Waals surface area contributed by atoms with Crippen LogP contribution in [0.15, 0.2) is 18.2 Å². The van der Waals surface area contributed by atoms with Gasteiger partial charge >= 0.3 is 0 Å². The molecule has 106 valence electrons. The quantitative estimate of drug-likeness (QED) is 0.866. The molecular weight excluding hydrogens is 268 g/mol. The smallest absolute Gasteiger partial charge is 0.254 e. The number of halogens is 2. The van der Waals surface area contributed by atoms with E-state index in [2.05, 4.69) is 19.2 Å². The van der Waals surface area contributed by atoms with Gasteiger partial charge in [0.15, 0.2) is 11.6 Å². The highest BCUT2D eigenvalue weighted by molar-refractivity contribution is 8.00. The molecule has 0 radical (unpaired) electrons. The first-order chi connectivity index (χ1) is 8.99.